The molecule has 0 spiro atoms. The predicted octanol–water partition coefficient (Wildman–Crippen LogP) is 3.11. The SMILES string of the molecule is COc1ccc(S(=O)(=NC#N)NC(=O)Nc2c3c(cc4c2CCC4)CCC3)cn1. The van der Waals surface area contributed by atoms with Crippen LogP contribution in [0.1, 0.15) is 35.1 Å². The summed E-state index contributed by atoms with van der Waals surface area (Å²) in [7, 11) is -2.05. The third-order valence-corrected chi connectivity index (χ3v) is 7.03. The summed E-state index contributed by atoms with van der Waals surface area (Å²) in [6.45, 7) is 0. The molecule has 1 heterocycles. The van der Waals surface area contributed by atoms with E-state index in [1.165, 1.54) is 42.8 Å². The lowest BCUT2D eigenvalue weighted by atomic mass is 9.99. The highest BCUT2D eigenvalue weighted by Gasteiger charge is 2.26. The van der Waals surface area contributed by atoms with Crippen LogP contribution in [-0.4, -0.2) is 22.3 Å². The molecule has 1 atom stereocenters. The van der Waals surface area contributed by atoms with E-state index in [1.54, 1.807) is 0 Å². The number of aromatic nitrogens is 1. The first-order chi connectivity index (χ1) is 14.0. The van der Waals surface area contributed by atoms with Crippen molar-refractivity contribution in [3.05, 3.63) is 46.6 Å². The van der Waals surface area contributed by atoms with Crippen molar-refractivity contribution in [3.8, 4) is 12.1 Å². The highest BCUT2D eigenvalue weighted by atomic mass is 32.2. The zero-order valence-corrected chi connectivity index (χ0v) is 16.8. The molecule has 150 valence electrons. The van der Waals surface area contributed by atoms with E-state index in [1.807, 2.05) is 0 Å². The molecule has 2 N–H and O–H groups in total. The molecule has 0 radical (unpaired) electrons. The third kappa shape index (κ3) is 3.63. The average molecular weight is 411 g/mol. The number of carbonyl (C=O) groups excluding carboxylic acids is 1. The fourth-order valence-electron chi connectivity index (χ4n) is 4.07. The summed E-state index contributed by atoms with van der Waals surface area (Å²) < 4.78 is 24.1. The summed E-state index contributed by atoms with van der Waals surface area (Å²) in [6.07, 6.45) is 8.79. The quantitative estimate of drug-likeness (QED) is 0.750. The number of hydrogen-bond donors (Lipinski definition) is 2. The maximum Gasteiger partial charge on any atom is 0.331 e. The Morgan fingerprint density at radius 3 is 2.45 bits per heavy atom. The third-order valence-electron chi connectivity index (χ3n) is 5.35. The van der Waals surface area contributed by atoms with Crippen molar-refractivity contribution in [2.75, 3.05) is 12.4 Å². The first-order valence-corrected chi connectivity index (χ1v) is 11.0. The van der Waals surface area contributed by atoms with E-state index < -0.39 is 15.9 Å². The number of amides is 2. The maximum absolute atomic E-state index is 13.2. The molecule has 1 aromatic heterocycles. The molecule has 8 nitrogen and oxygen atoms in total. The Bertz CT molecular complexity index is 1100. The molecule has 0 bridgehead atoms. The number of nitriles is 1. The fourth-order valence-corrected chi connectivity index (χ4v) is 5.21. The molecule has 4 rings (SSSR count). The van der Waals surface area contributed by atoms with Crippen LogP contribution in [0.4, 0.5) is 10.5 Å². The molecule has 2 amide bonds. The van der Waals surface area contributed by atoms with E-state index in [4.69, 9.17) is 10.00 Å². The van der Waals surface area contributed by atoms with Crippen molar-refractivity contribution in [2.24, 2.45) is 4.36 Å². The molecule has 9 heteroatoms. The van der Waals surface area contributed by atoms with Gasteiger partial charge in [-0.25, -0.2) is 18.7 Å². The molecule has 1 aromatic carbocycles. The Kier molecular flexibility index (Phi) is 5.11. The molecule has 0 fully saturated rings. The van der Waals surface area contributed by atoms with E-state index in [0.29, 0.717) is 5.88 Å². The number of fused-ring (bicyclic) bond motifs is 2. The van der Waals surface area contributed by atoms with E-state index in [9.17, 15) is 9.00 Å². The summed E-state index contributed by atoms with van der Waals surface area (Å²) in [5, 5.41) is 11.9. The van der Waals surface area contributed by atoms with E-state index in [-0.39, 0.29) is 4.90 Å². The van der Waals surface area contributed by atoms with Crippen molar-refractivity contribution in [1.82, 2.24) is 9.71 Å². The Morgan fingerprint density at radius 2 is 1.90 bits per heavy atom. The first-order valence-electron chi connectivity index (χ1n) is 9.44. The lowest BCUT2D eigenvalue weighted by Gasteiger charge is -2.17. The van der Waals surface area contributed by atoms with Gasteiger partial charge in [-0.2, -0.15) is 5.26 Å². The topological polar surface area (TPSA) is 116 Å². The monoisotopic (exact) mass is 411 g/mol. The van der Waals surface area contributed by atoms with Crippen molar-refractivity contribution >= 4 is 21.6 Å². The number of nitrogens with zero attached hydrogens (tertiary/aromatic N) is 3. The Balaban J connectivity index is 1.63. The fraction of sp³-hybridized carbons (Fsp3) is 0.350. The number of nitrogens with one attached hydrogen (secondary N) is 2. The Labute approximate surface area is 169 Å². The van der Waals surface area contributed by atoms with Crippen molar-refractivity contribution < 1.29 is 13.7 Å². The van der Waals surface area contributed by atoms with Crippen LogP contribution in [0.3, 0.4) is 0 Å². The summed E-state index contributed by atoms with van der Waals surface area (Å²) >= 11 is 0. The van der Waals surface area contributed by atoms with Gasteiger partial charge in [-0.15, -0.1) is 0 Å². The largest absolute Gasteiger partial charge is 0.481 e. The summed E-state index contributed by atoms with van der Waals surface area (Å²) in [5.74, 6) is 0.326. The van der Waals surface area contributed by atoms with Crippen LogP contribution in [0, 0.1) is 11.5 Å². The second-order valence-corrected chi connectivity index (χ2v) is 8.95. The van der Waals surface area contributed by atoms with Gasteiger partial charge in [-0.05, 0) is 66.8 Å². The second kappa shape index (κ2) is 7.72. The van der Waals surface area contributed by atoms with Crippen LogP contribution in [0.2, 0.25) is 0 Å². The molecule has 0 aliphatic heterocycles. The molecular formula is C20H21N5O3S. The van der Waals surface area contributed by atoms with Crippen LogP contribution in [0.15, 0.2) is 33.7 Å². The maximum atomic E-state index is 13.2. The van der Waals surface area contributed by atoms with E-state index in [2.05, 4.69) is 25.5 Å². The zero-order chi connectivity index (χ0) is 20.4. The number of aryl methyl sites for hydroxylation is 2. The van der Waals surface area contributed by atoms with Gasteiger partial charge in [0.05, 0.1) is 12.0 Å². The minimum atomic E-state index is -3.51. The van der Waals surface area contributed by atoms with Crippen LogP contribution < -0.4 is 14.8 Å². The molecule has 0 saturated carbocycles. The first kappa shape index (κ1) is 19.2. The predicted molar refractivity (Wildman–Crippen MR) is 108 cm³/mol. The normalized spacial score (nSPS) is 16.1. The van der Waals surface area contributed by atoms with Gasteiger partial charge in [-0.3, -0.25) is 0 Å². The highest BCUT2D eigenvalue weighted by Crippen LogP contribution is 2.38. The number of rotatable bonds is 4. The average Bonchev–Trinajstić information content (AvgIpc) is 3.37. The highest BCUT2D eigenvalue weighted by molar-refractivity contribution is 7.92. The van der Waals surface area contributed by atoms with Gasteiger partial charge in [0, 0.05) is 18.0 Å². The standard InChI is InChI=1S/C20H21N5O3S/c1-28-18-9-8-15(11-22-18)29(27,23-12-21)25-20(26)24-19-16-6-2-4-13(16)10-14-5-3-7-17(14)19/h8-11H,2-7H2,1H3,(H2,23,24,25,26,27). The molecular weight excluding hydrogens is 390 g/mol. The Morgan fingerprint density at radius 1 is 1.21 bits per heavy atom. The summed E-state index contributed by atoms with van der Waals surface area (Å²) in [4.78, 5) is 16.9. The van der Waals surface area contributed by atoms with Gasteiger partial charge in [0.2, 0.25) is 12.1 Å². The number of benzene rings is 1. The number of carbonyl (C=O) groups is 1. The van der Waals surface area contributed by atoms with Gasteiger partial charge in [-0.1, -0.05) is 10.4 Å². The number of hydrogen-bond acceptors (Lipinski definition) is 6. The number of ether oxygens (including phenoxy) is 1. The lowest BCUT2D eigenvalue weighted by molar-refractivity contribution is 0.256. The van der Waals surface area contributed by atoms with Crippen LogP contribution in [0.25, 0.3) is 0 Å². The van der Waals surface area contributed by atoms with Gasteiger partial charge < -0.3 is 10.1 Å². The lowest BCUT2D eigenvalue weighted by Crippen LogP contribution is -2.34. The Hall–Kier alpha value is -3.12. The van der Waals surface area contributed by atoms with Crippen LogP contribution in [0.5, 0.6) is 5.88 Å². The molecule has 29 heavy (non-hydrogen) atoms. The number of pyridine rings is 1. The zero-order valence-electron chi connectivity index (χ0n) is 16.0. The van der Waals surface area contributed by atoms with Crippen LogP contribution >= 0.6 is 0 Å². The van der Waals surface area contributed by atoms with Gasteiger partial charge in [0.15, 0.2) is 9.92 Å². The van der Waals surface area contributed by atoms with Gasteiger partial charge >= 0.3 is 6.03 Å². The minimum Gasteiger partial charge on any atom is -0.481 e. The second-order valence-electron chi connectivity index (χ2n) is 7.04. The molecule has 2 aromatic rings. The summed E-state index contributed by atoms with van der Waals surface area (Å²) in [6, 6.07) is 4.58. The van der Waals surface area contributed by atoms with Crippen LogP contribution in [-0.2, 0) is 35.6 Å². The number of anilines is 1. The number of urea groups is 1. The smallest absolute Gasteiger partial charge is 0.331 e. The molecule has 0 saturated heterocycles. The molecule has 1 unspecified atom stereocenters. The van der Waals surface area contributed by atoms with Crippen molar-refractivity contribution in [3.63, 3.8) is 0 Å². The summed E-state index contributed by atoms with van der Waals surface area (Å²) in [5.41, 5.74) is 5.72. The molecule has 2 aliphatic carbocycles. The van der Waals surface area contributed by atoms with E-state index in [0.717, 1.165) is 55.3 Å². The minimum absolute atomic E-state index is 0.124. The van der Waals surface area contributed by atoms with Gasteiger partial charge in [0.25, 0.3) is 0 Å². The number of methoxy groups -OCH3 is 1. The van der Waals surface area contributed by atoms with Crippen molar-refractivity contribution in [1.29, 1.82) is 5.26 Å². The molecule has 2 aliphatic rings. The van der Waals surface area contributed by atoms with Gasteiger partial charge in [0.1, 0.15) is 0 Å². The van der Waals surface area contributed by atoms with E-state index >= 15 is 0 Å². The van der Waals surface area contributed by atoms with Crippen molar-refractivity contribution in [2.45, 2.75) is 43.4 Å².